The number of aromatic nitrogens is 2. The predicted octanol–water partition coefficient (Wildman–Crippen LogP) is 4.22. The van der Waals surface area contributed by atoms with E-state index in [1.807, 2.05) is 6.92 Å². The summed E-state index contributed by atoms with van der Waals surface area (Å²) in [5, 5.41) is 5.66. The lowest BCUT2D eigenvalue weighted by molar-refractivity contribution is 0.449. The highest BCUT2D eigenvalue weighted by atomic mass is 79.9. The van der Waals surface area contributed by atoms with E-state index in [0.29, 0.717) is 16.8 Å². The second kappa shape index (κ2) is 6.75. The van der Waals surface area contributed by atoms with Crippen LogP contribution in [0.4, 0.5) is 30.5 Å². The van der Waals surface area contributed by atoms with Gasteiger partial charge in [0.1, 0.15) is 22.4 Å². The molecule has 0 radical (unpaired) electrons. The van der Waals surface area contributed by atoms with Gasteiger partial charge >= 0.3 is 0 Å². The van der Waals surface area contributed by atoms with Crippen molar-refractivity contribution in [3.63, 3.8) is 0 Å². The molecule has 0 atom stereocenters. The molecule has 0 spiro atoms. The quantitative estimate of drug-likeness (QED) is 0.783. The first-order valence-corrected chi connectivity index (χ1v) is 6.98. The van der Waals surface area contributed by atoms with Crippen LogP contribution in [0, 0.1) is 17.5 Å². The molecule has 112 valence electrons. The summed E-state index contributed by atoms with van der Waals surface area (Å²) < 4.78 is 40.2. The maximum atomic E-state index is 13.6. The van der Waals surface area contributed by atoms with Gasteiger partial charge in [-0.15, -0.1) is 0 Å². The lowest BCUT2D eigenvalue weighted by Crippen LogP contribution is -2.06. The molecule has 0 fully saturated rings. The summed E-state index contributed by atoms with van der Waals surface area (Å²) in [5.41, 5.74) is -0.213. The van der Waals surface area contributed by atoms with Crippen molar-refractivity contribution in [1.29, 1.82) is 0 Å². The van der Waals surface area contributed by atoms with E-state index in [1.54, 1.807) is 0 Å². The molecule has 1 aromatic carbocycles. The Morgan fingerprint density at radius 2 is 1.81 bits per heavy atom. The highest BCUT2D eigenvalue weighted by molar-refractivity contribution is 9.10. The van der Waals surface area contributed by atoms with Crippen LogP contribution in [0.1, 0.15) is 13.3 Å². The van der Waals surface area contributed by atoms with Gasteiger partial charge < -0.3 is 10.6 Å². The monoisotopic (exact) mass is 360 g/mol. The number of hydrogen-bond donors (Lipinski definition) is 2. The number of benzene rings is 1. The molecule has 21 heavy (non-hydrogen) atoms. The highest BCUT2D eigenvalue weighted by Crippen LogP contribution is 2.30. The molecule has 4 nitrogen and oxygen atoms in total. The fourth-order valence-corrected chi connectivity index (χ4v) is 2.02. The van der Waals surface area contributed by atoms with E-state index >= 15 is 0 Å². The van der Waals surface area contributed by atoms with Crippen molar-refractivity contribution in [2.75, 3.05) is 17.2 Å². The molecule has 0 saturated carbocycles. The highest BCUT2D eigenvalue weighted by Gasteiger charge is 2.15. The zero-order valence-electron chi connectivity index (χ0n) is 11.1. The van der Waals surface area contributed by atoms with Gasteiger partial charge in [-0.3, -0.25) is 0 Å². The van der Waals surface area contributed by atoms with Gasteiger partial charge in [-0.05, 0) is 34.5 Å². The molecule has 8 heteroatoms. The SMILES string of the molecule is CCCNc1ncnc(Nc2ccc(F)c(F)c2F)c1Br. The fraction of sp³-hybridized carbons (Fsp3) is 0.231. The number of rotatable bonds is 5. The smallest absolute Gasteiger partial charge is 0.196 e. The molecule has 0 saturated heterocycles. The Kier molecular flexibility index (Phi) is 5.00. The summed E-state index contributed by atoms with van der Waals surface area (Å²) >= 11 is 3.29. The number of anilines is 3. The average Bonchev–Trinajstić information content (AvgIpc) is 2.48. The number of nitrogens with one attached hydrogen (secondary N) is 2. The number of halogens is 4. The minimum absolute atomic E-state index is 0.213. The van der Waals surface area contributed by atoms with Gasteiger partial charge in [-0.25, -0.2) is 23.1 Å². The zero-order chi connectivity index (χ0) is 15.4. The molecule has 1 heterocycles. The number of hydrogen-bond acceptors (Lipinski definition) is 4. The van der Waals surface area contributed by atoms with Crippen LogP contribution in [0.3, 0.4) is 0 Å². The van der Waals surface area contributed by atoms with Crippen LogP contribution in [-0.2, 0) is 0 Å². The molecule has 0 amide bonds. The van der Waals surface area contributed by atoms with Crippen LogP contribution < -0.4 is 10.6 Å². The first-order valence-electron chi connectivity index (χ1n) is 6.19. The first-order chi connectivity index (χ1) is 10.0. The van der Waals surface area contributed by atoms with Crippen LogP contribution in [0.25, 0.3) is 0 Å². The Bertz CT molecular complexity index is 652. The molecule has 2 aromatic rings. The minimum atomic E-state index is -1.53. The van der Waals surface area contributed by atoms with Gasteiger partial charge in [0.25, 0.3) is 0 Å². The van der Waals surface area contributed by atoms with E-state index in [0.717, 1.165) is 18.6 Å². The molecule has 2 N–H and O–H groups in total. The van der Waals surface area contributed by atoms with Crippen molar-refractivity contribution in [2.45, 2.75) is 13.3 Å². The van der Waals surface area contributed by atoms with E-state index in [1.165, 1.54) is 6.33 Å². The molecule has 1 aromatic heterocycles. The van der Waals surface area contributed by atoms with E-state index in [2.05, 4.69) is 36.5 Å². The molecule has 0 aliphatic rings. The summed E-state index contributed by atoms with van der Waals surface area (Å²) in [6.45, 7) is 2.70. The second-order valence-electron chi connectivity index (χ2n) is 4.16. The largest absolute Gasteiger partial charge is 0.369 e. The van der Waals surface area contributed by atoms with Gasteiger partial charge in [-0.2, -0.15) is 0 Å². The lowest BCUT2D eigenvalue weighted by atomic mass is 10.2. The zero-order valence-corrected chi connectivity index (χ0v) is 12.6. The van der Waals surface area contributed by atoms with Crippen molar-refractivity contribution in [3.8, 4) is 0 Å². The van der Waals surface area contributed by atoms with Crippen molar-refractivity contribution in [3.05, 3.63) is 40.4 Å². The Morgan fingerprint density at radius 3 is 2.52 bits per heavy atom. The van der Waals surface area contributed by atoms with E-state index < -0.39 is 17.5 Å². The first kappa shape index (κ1) is 15.6. The Balaban J connectivity index is 2.30. The van der Waals surface area contributed by atoms with Crippen molar-refractivity contribution >= 4 is 33.3 Å². The Morgan fingerprint density at radius 1 is 1.10 bits per heavy atom. The Labute approximate surface area is 127 Å². The van der Waals surface area contributed by atoms with Crippen LogP contribution in [0.5, 0.6) is 0 Å². The maximum Gasteiger partial charge on any atom is 0.196 e. The van der Waals surface area contributed by atoms with Crippen molar-refractivity contribution in [2.24, 2.45) is 0 Å². The molecule has 2 rings (SSSR count). The van der Waals surface area contributed by atoms with Gasteiger partial charge in [-0.1, -0.05) is 6.92 Å². The summed E-state index contributed by atoms with van der Waals surface area (Å²) in [5.74, 6) is -3.31. The van der Waals surface area contributed by atoms with Crippen LogP contribution in [-0.4, -0.2) is 16.5 Å². The van der Waals surface area contributed by atoms with Crippen molar-refractivity contribution in [1.82, 2.24) is 9.97 Å². The average molecular weight is 361 g/mol. The second-order valence-corrected chi connectivity index (χ2v) is 4.95. The summed E-state index contributed by atoms with van der Waals surface area (Å²) in [4.78, 5) is 7.98. The predicted molar refractivity (Wildman–Crippen MR) is 78.1 cm³/mol. The third-order valence-corrected chi connectivity index (χ3v) is 3.37. The van der Waals surface area contributed by atoms with Gasteiger partial charge in [0.2, 0.25) is 0 Å². The van der Waals surface area contributed by atoms with Gasteiger partial charge in [0.05, 0.1) is 5.69 Å². The lowest BCUT2D eigenvalue weighted by Gasteiger charge is -2.12. The topological polar surface area (TPSA) is 49.8 Å². The molecule has 0 bridgehead atoms. The van der Waals surface area contributed by atoms with E-state index in [-0.39, 0.29) is 11.5 Å². The molecular formula is C13H12BrF3N4. The third kappa shape index (κ3) is 3.44. The molecule has 0 unspecified atom stereocenters. The minimum Gasteiger partial charge on any atom is -0.369 e. The van der Waals surface area contributed by atoms with E-state index in [4.69, 9.17) is 0 Å². The normalized spacial score (nSPS) is 10.5. The molecule has 0 aliphatic heterocycles. The van der Waals surface area contributed by atoms with Gasteiger partial charge in [0.15, 0.2) is 17.5 Å². The number of nitrogens with zero attached hydrogens (tertiary/aromatic N) is 2. The fourth-order valence-electron chi connectivity index (χ4n) is 1.57. The van der Waals surface area contributed by atoms with E-state index in [9.17, 15) is 13.2 Å². The van der Waals surface area contributed by atoms with Gasteiger partial charge in [0, 0.05) is 6.54 Å². The Hall–Kier alpha value is -1.83. The summed E-state index contributed by atoms with van der Waals surface area (Å²) in [6.07, 6.45) is 2.18. The van der Waals surface area contributed by atoms with Crippen LogP contribution in [0.15, 0.2) is 22.9 Å². The standard InChI is InChI=1S/C13H12BrF3N4/c1-2-5-18-12-9(14)13(20-6-19-12)21-8-4-3-7(15)10(16)11(8)17/h3-4,6H,2,5H2,1H3,(H2,18,19,20,21). The summed E-state index contributed by atoms with van der Waals surface area (Å²) in [7, 11) is 0. The summed E-state index contributed by atoms with van der Waals surface area (Å²) in [6, 6.07) is 1.94. The molecular weight excluding hydrogens is 349 g/mol. The third-order valence-electron chi connectivity index (χ3n) is 2.62. The van der Waals surface area contributed by atoms with Crippen molar-refractivity contribution < 1.29 is 13.2 Å². The maximum absolute atomic E-state index is 13.6. The molecule has 0 aliphatic carbocycles. The van der Waals surface area contributed by atoms with Crippen LogP contribution in [0.2, 0.25) is 0 Å². The van der Waals surface area contributed by atoms with Crippen LogP contribution >= 0.6 is 15.9 Å².